The van der Waals surface area contributed by atoms with Crippen molar-refractivity contribution < 1.29 is 14.3 Å². The third kappa shape index (κ3) is 5.64. The number of hydrogen-bond acceptors (Lipinski definition) is 3. The van der Waals surface area contributed by atoms with E-state index in [4.69, 9.17) is 4.74 Å². The van der Waals surface area contributed by atoms with Crippen LogP contribution >= 0.6 is 0 Å². The quantitative estimate of drug-likeness (QED) is 0.823. The normalized spacial score (nSPS) is 10.6. The molecule has 0 aliphatic rings. The molecule has 2 rings (SSSR count). The summed E-state index contributed by atoms with van der Waals surface area (Å²) in [7, 11) is 0. The molecule has 25 heavy (non-hydrogen) atoms. The summed E-state index contributed by atoms with van der Waals surface area (Å²) in [5.74, 6) is 0.320. The molecule has 0 aliphatic carbocycles. The van der Waals surface area contributed by atoms with E-state index in [9.17, 15) is 9.59 Å². The summed E-state index contributed by atoms with van der Waals surface area (Å²) in [4.78, 5) is 24.0. The fraction of sp³-hybridized carbons (Fsp3) is 0.300. The van der Waals surface area contributed by atoms with Crippen molar-refractivity contribution in [3.8, 4) is 5.75 Å². The Morgan fingerprint density at radius 1 is 0.880 bits per heavy atom. The first-order valence-corrected chi connectivity index (χ1v) is 8.34. The lowest BCUT2D eigenvalue weighted by Crippen LogP contribution is -2.17. The van der Waals surface area contributed by atoms with Crippen LogP contribution in [0, 0.1) is 5.92 Å². The minimum Gasteiger partial charge on any atom is -0.491 e. The summed E-state index contributed by atoms with van der Waals surface area (Å²) in [6.07, 6.45) is 0.0481. The van der Waals surface area contributed by atoms with Crippen LogP contribution in [0.25, 0.3) is 0 Å². The van der Waals surface area contributed by atoms with Gasteiger partial charge >= 0.3 is 0 Å². The average Bonchev–Trinajstić information content (AvgIpc) is 2.56. The van der Waals surface area contributed by atoms with Gasteiger partial charge in [0.2, 0.25) is 5.91 Å². The third-order valence-corrected chi connectivity index (χ3v) is 3.40. The van der Waals surface area contributed by atoms with E-state index in [1.54, 1.807) is 42.5 Å². The predicted octanol–water partition coefficient (Wildman–Crippen LogP) is 4.32. The average molecular weight is 340 g/mol. The van der Waals surface area contributed by atoms with E-state index >= 15 is 0 Å². The molecule has 2 N–H and O–H groups in total. The minimum atomic E-state index is -0.215. The van der Waals surface area contributed by atoms with E-state index in [1.807, 2.05) is 33.8 Å². The van der Waals surface area contributed by atoms with Crippen molar-refractivity contribution in [1.29, 1.82) is 0 Å². The number of carbonyl (C=O) groups excluding carboxylic acids is 2. The van der Waals surface area contributed by atoms with Crippen molar-refractivity contribution in [1.82, 2.24) is 0 Å². The molecule has 2 amide bonds. The third-order valence-electron chi connectivity index (χ3n) is 3.40. The van der Waals surface area contributed by atoms with Crippen LogP contribution in [0.2, 0.25) is 0 Å². The summed E-state index contributed by atoms with van der Waals surface area (Å²) >= 11 is 0. The van der Waals surface area contributed by atoms with Gasteiger partial charge in [-0.1, -0.05) is 19.9 Å². The second-order valence-corrected chi connectivity index (χ2v) is 6.37. The molecule has 0 heterocycles. The van der Waals surface area contributed by atoms with Crippen LogP contribution in [0.1, 0.15) is 38.1 Å². The second-order valence-electron chi connectivity index (χ2n) is 6.37. The molecule has 0 bridgehead atoms. The zero-order valence-electron chi connectivity index (χ0n) is 15.0. The Hall–Kier alpha value is -2.82. The van der Waals surface area contributed by atoms with Crippen molar-refractivity contribution in [3.05, 3.63) is 54.1 Å². The van der Waals surface area contributed by atoms with Gasteiger partial charge in [-0.3, -0.25) is 9.59 Å². The fourth-order valence-electron chi connectivity index (χ4n) is 2.11. The number of hydrogen-bond donors (Lipinski definition) is 2. The van der Waals surface area contributed by atoms with Gasteiger partial charge in [-0.05, 0) is 56.3 Å². The summed E-state index contributed by atoms with van der Waals surface area (Å²) in [5.41, 5.74) is 1.88. The lowest BCUT2D eigenvalue weighted by molar-refractivity contribution is -0.118. The van der Waals surface area contributed by atoms with E-state index < -0.39 is 0 Å². The lowest BCUT2D eigenvalue weighted by atomic mass is 10.2. The highest BCUT2D eigenvalue weighted by Gasteiger charge is 2.09. The summed E-state index contributed by atoms with van der Waals surface area (Å²) in [5, 5.41) is 5.65. The zero-order valence-corrected chi connectivity index (χ0v) is 15.0. The molecule has 0 atom stereocenters. The van der Waals surface area contributed by atoms with E-state index in [0.29, 0.717) is 22.7 Å². The first-order chi connectivity index (χ1) is 11.8. The number of carbonyl (C=O) groups is 2. The lowest BCUT2D eigenvalue weighted by Gasteiger charge is -2.11. The van der Waals surface area contributed by atoms with Crippen molar-refractivity contribution >= 4 is 23.2 Å². The molecule has 0 spiro atoms. The Balaban J connectivity index is 2.02. The van der Waals surface area contributed by atoms with Crippen LogP contribution in [0.5, 0.6) is 5.75 Å². The molecule has 5 nitrogen and oxygen atoms in total. The Bertz CT molecular complexity index is 737. The van der Waals surface area contributed by atoms with Gasteiger partial charge in [0.15, 0.2) is 0 Å². The molecular formula is C20H24N2O3. The maximum Gasteiger partial charge on any atom is 0.255 e. The van der Waals surface area contributed by atoms with Crippen LogP contribution in [0.3, 0.4) is 0 Å². The molecule has 0 radical (unpaired) electrons. The number of amides is 2. The minimum absolute atomic E-state index is 0.0428. The van der Waals surface area contributed by atoms with Crippen molar-refractivity contribution in [2.75, 3.05) is 10.6 Å². The monoisotopic (exact) mass is 340 g/mol. The van der Waals surface area contributed by atoms with Crippen molar-refractivity contribution in [2.45, 2.75) is 33.8 Å². The second kappa shape index (κ2) is 8.33. The molecule has 0 fully saturated rings. The molecule has 0 aliphatic heterocycles. The van der Waals surface area contributed by atoms with E-state index in [1.165, 1.54) is 0 Å². The largest absolute Gasteiger partial charge is 0.491 e. The Morgan fingerprint density at radius 2 is 1.48 bits per heavy atom. The van der Waals surface area contributed by atoms with Gasteiger partial charge in [-0.25, -0.2) is 0 Å². The standard InChI is InChI=1S/C20H24N2O3/c1-13(2)19(23)21-16-8-10-17(11-9-16)22-20(24)15-6-5-7-18(12-15)25-14(3)4/h5-14H,1-4H3,(H,21,23)(H,22,24). The molecule has 132 valence electrons. The molecule has 0 saturated carbocycles. The van der Waals surface area contributed by atoms with Crippen molar-refractivity contribution in [3.63, 3.8) is 0 Å². The van der Waals surface area contributed by atoms with Crippen LogP contribution in [0.4, 0.5) is 11.4 Å². The summed E-state index contributed by atoms with van der Waals surface area (Å²) < 4.78 is 5.61. The fourth-order valence-corrected chi connectivity index (χ4v) is 2.11. The number of nitrogens with one attached hydrogen (secondary N) is 2. The molecular weight excluding hydrogens is 316 g/mol. The Labute approximate surface area is 148 Å². The molecule has 2 aromatic carbocycles. The SMILES string of the molecule is CC(C)Oc1cccc(C(=O)Nc2ccc(NC(=O)C(C)C)cc2)c1. The zero-order chi connectivity index (χ0) is 18.4. The van der Waals surface area contributed by atoms with Gasteiger partial charge < -0.3 is 15.4 Å². The highest BCUT2D eigenvalue weighted by atomic mass is 16.5. The molecule has 5 heteroatoms. The van der Waals surface area contributed by atoms with Crippen LogP contribution in [-0.4, -0.2) is 17.9 Å². The van der Waals surface area contributed by atoms with Crippen LogP contribution in [0.15, 0.2) is 48.5 Å². The first kappa shape index (κ1) is 18.5. The van der Waals surface area contributed by atoms with Gasteiger partial charge in [0.05, 0.1) is 6.10 Å². The smallest absolute Gasteiger partial charge is 0.255 e. The highest BCUT2D eigenvalue weighted by molar-refractivity contribution is 6.04. The maximum atomic E-state index is 12.4. The molecule has 2 aromatic rings. The molecule has 0 aromatic heterocycles. The van der Waals surface area contributed by atoms with E-state index in [-0.39, 0.29) is 23.8 Å². The van der Waals surface area contributed by atoms with Gasteiger partial charge in [0.1, 0.15) is 5.75 Å². The number of rotatable bonds is 6. The van der Waals surface area contributed by atoms with Crippen molar-refractivity contribution in [2.24, 2.45) is 5.92 Å². The highest BCUT2D eigenvalue weighted by Crippen LogP contribution is 2.18. The van der Waals surface area contributed by atoms with E-state index in [2.05, 4.69) is 10.6 Å². The first-order valence-electron chi connectivity index (χ1n) is 8.34. The van der Waals surface area contributed by atoms with Gasteiger partial charge in [-0.2, -0.15) is 0 Å². The van der Waals surface area contributed by atoms with E-state index in [0.717, 1.165) is 0 Å². The molecule has 0 unspecified atom stereocenters. The van der Waals surface area contributed by atoms with Crippen LogP contribution in [-0.2, 0) is 4.79 Å². The predicted molar refractivity (Wildman–Crippen MR) is 100 cm³/mol. The number of anilines is 2. The van der Waals surface area contributed by atoms with Gasteiger partial charge in [0, 0.05) is 22.9 Å². The van der Waals surface area contributed by atoms with Crippen LogP contribution < -0.4 is 15.4 Å². The van der Waals surface area contributed by atoms with Gasteiger partial charge in [0.25, 0.3) is 5.91 Å². The number of benzene rings is 2. The number of ether oxygens (including phenoxy) is 1. The Kier molecular flexibility index (Phi) is 6.17. The maximum absolute atomic E-state index is 12.4. The topological polar surface area (TPSA) is 67.4 Å². The molecule has 0 saturated heterocycles. The Morgan fingerprint density at radius 3 is 2.04 bits per heavy atom. The van der Waals surface area contributed by atoms with Gasteiger partial charge in [-0.15, -0.1) is 0 Å². The summed E-state index contributed by atoms with van der Waals surface area (Å²) in [6, 6.07) is 14.1. The summed E-state index contributed by atoms with van der Waals surface area (Å²) in [6.45, 7) is 7.54.